The molecule has 0 saturated heterocycles. The van der Waals surface area contributed by atoms with Gasteiger partial charge in [-0.2, -0.15) is 0 Å². The third-order valence-corrected chi connectivity index (χ3v) is 2.37. The highest BCUT2D eigenvalue weighted by atomic mass is 19.1. The molecule has 0 fully saturated rings. The molecule has 1 unspecified atom stereocenters. The maximum atomic E-state index is 13.4. The summed E-state index contributed by atoms with van der Waals surface area (Å²) in [4.78, 5) is 0. The molecule has 0 aliphatic rings. The number of rotatable bonds is 2. The molecule has 1 atom stereocenters. The predicted octanol–water partition coefficient (Wildman–Crippen LogP) is 2.47. The summed E-state index contributed by atoms with van der Waals surface area (Å²) in [5.41, 5.74) is 7.89. The first kappa shape index (κ1) is 11.0. The smallest absolute Gasteiger partial charge is 0.126 e. The van der Waals surface area contributed by atoms with Crippen molar-refractivity contribution in [3.63, 3.8) is 0 Å². The summed E-state index contributed by atoms with van der Waals surface area (Å²) in [6.45, 7) is 5.35. The van der Waals surface area contributed by atoms with E-state index < -0.39 is 0 Å². The maximum Gasteiger partial charge on any atom is 0.126 e. The Morgan fingerprint density at radius 1 is 1.43 bits per heavy atom. The zero-order valence-corrected chi connectivity index (χ0v) is 9.02. The fourth-order valence-corrected chi connectivity index (χ4v) is 1.69. The molecule has 0 saturated carbocycles. The first-order valence-electron chi connectivity index (χ1n) is 4.58. The zero-order valence-electron chi connectivity index (χ0n) is 9.02. The van der Waals surface area contributed by atoms with Crippen molar-refractivity contribution in [2.45, 2.75) is 26.8 Å². The number of hydrogen-bond donors (Lipinski definition) is 1. The molecule has 0 aromatic heterocycles. The van der Waals surface area contributed by atoms with Gasteiger partial charge in [0.15, 0.2) is 0 Å². The number of hydrogen-bond acceptors (Lipinski definition) is 2. The average Bonchev–Trinajstić information content (AvgIpc) is 2.10. The summed E-state index contributed by atoms with van der Waals surface area (Å²) in [7, 11) is 1.57. The molecule has 0 heterocycles. The molecule has 0 amide bonds. The molecule has 14 heavy (non-hydrogen) atoms. The van der Waals surface area contributed by atoms with Crippen LogP contribution in [0.2, 0.25) is 0 Å². The van der Waals surface area contributed by atoms with Crippen LogP contribution in [0.5, 0.6) is 5.75 Å². The number of ether oxygens (including phenoxy) is 1. The van der Waals surface area contributed by atoms with Gasteiger partial charge in [-0.3, -0.25) is 0 Å². The summed E-state index contributed by atoms with van der Waals surface area (Å²) in [5.74, 6) is 0.467. The van der Waals surface area contributed by atoms with Crippen molar-refractivity contribution in [3.05, 3.63) is 28.6 Å². The minimum Gasteiger partial charge on any atom is -0.496 e. The molecular weight excluding hydrogens is 181 g/mol. The van der Waals surface area contributed by atoms with Gasteiger partial charge in [0.05, 0.1) is 7.11 Å². The minimum atomic E-state index is -0.226. The quantitative estimate of drug-likeness (QED) is 0.790. The van der Waals surface area contributed by atoms with Crippen LogP contribution in [0, 0.1) is 19.7 Å². The van der Waals surface area contributed by atoms with E-state index in [9.17, 15) is 4.39 Å². The van der Waals surface area contributed by atoms with Gasteiger partial charge < -0.3 is 10.5 Å². The van der Waals surface area contributed by atoms with Gasteiger partial charge in [0, 0.05) is 11.6 Å². The lowest BCUT2D eigenvalue weighted by Crippen LogP contribution is -2.11. The van der Waals surface area contributed by atoms with Crippen molar-refractivity contribution in [3.8, 4) is 5.75 Å². The number of aryl methyl sites for hydroxylation is 1. The third kappa shape index (κ3) is 1.73. The van der Waals surface area contributed by atoms with Crippen LogP contribution < -0.4 is 10.5 Å². The summed E-state index contributed by atoms with van der Waals surface area (Å²) in [5, 5.41) is 0. The lowest BCUT2D eigenvalue weighted by Gasteiger charge is -2.17. The second-order valence-corrected chi connectivity index (χ2v) is 3.54. The van der Waals surface area contributed by atoms with Crippen LogP contribution in [-0.2, 0) is 0 Å². The van der Waals surface area contributed by atoms with Gasteiger partial charge in [-0.05, 0) is 38.0 Å². The maximum absolute atomic E-state index is 13.4. The SMILES string of the molecule is COc1c(C)cc(F)c(C)c1C(C)N. The number of methoxy groups -OCH3 is 1. The molecule has 1 aromatic carbocycles. The Kier molecular flexibility index (Phi) is 3.11. The monoisotopic (exact) mass is 197 g/mol. The highest BCUT2D eigenvalue weighted by Crippen LogP contribution is 2.32. The summed E-state index contributed by atoms with van der Waals surface area (Å²) in [6.07, 6.45) is 0. The Balaban J connectivity index is 3.48. The highest BCUT2D eigenvalue weighted by Gasteiger charge is 2.16. The first-order chi connectivity index (χ1) is 6.49. The van der Waals surface area contributed by atoms with Crippen LogP contribution in [0.4, 0.5) is 4.39 Å². The number of nitrogens with two attached hydrogens (primary N) is 1. The van der Waals surface area contributed by atoms with E-state index in [0.717, 1.165) is 11.1 Å². The first-order valence-corrected chi connectivity index (χ1v) is 4.58. The molecule has 2 nitrogen and oxygen atoms in total. The molecular formula is C11H16FNO. The number of benzene rings is 1. The Morgan fingerprint density at radius 3 is 2.43 bits per heavy atom. The fourth-order valence-electron chi connectivity index (χ4n) is 1.69. The van der Waals surface area contributed by atoms with Gasteiger partial charge in [0.1, 0.15) is 11.6 Å². The van der Waals surface area contributed by atoms with E-state index in [1.807, 2.05) is 13.8 Å². The van der Waals surface area contributed by atoms with E-state index >= 15 is 0 Å². The van der Waals surface area contributed by atoms with Gasteiger partial charge in [-0.1, -0.05) is 0 Å². The molecule has 1 rings (SSSR count). The van der Waals surface area contributed by atoms with Crippen LogP contribution in [0.25, 0.3) is 0 Å². The van der Waals surface area contributed by atoms with Crippen molar-refractivity contribution in [1.29, 1.82) is 0 Å². The van der Waals surface area contributed by atoms with Crippen LogP contribution in [-0.4, -0.2) is 7.11 Å². The van der Waals surface area contributed by atoms with Crippen molar-refractivity contribution in [2.24, 2.45) is 5.73 Å². The van der Waals surface area contributed by atoms with Crippen molar-refractivity contribution >= 4 is 0 Å². The fraction of sp³-hybridized carbons (Fsp3) is 0.455. The lowest BCUT2D eigenvalue weighted by molar-refractivity contribution is 0.401. The largest absolute Gasteiger partial charge is 0.496 e. The van der Waals surface area contributed by atoms with Crippen LogP contribution >= 0.6 is 0 Å². The average molecular weight is 197 g/mol. The molecule has 0 bridgehead atoms. The number of halogens is 1. The minimum absolute atomic E-state index is 0.223. The Labute approximate surface area is 83.9 Å². The van der Waals surface area contributed by atoms with E-state index in [1.165, 1.54) is 6.07 Å². The molecule has 2 N–H and O–H groups in total. The Morgan fingerprint density at radius 2 is 2.00 bits per heavy atom. The second kappa shape index (κ2) is 3.96. The summed E-state index contributed by atoms with van der Waals surface area (Å²) < 4.78 is 18.6. The van der Waals surface area contributed by atoms with E-state index in [4.69, 9.17) is 10.5 Å². The molecule has 3 heteroatoms. The van der Waals surface area contributed by atoms with Crippen LogP contribution in [0.3, 0.4) is 0 Å². The lowest BCUT2D eigenvalue weighted by atomic mass is 9.98. The Hall–Kier alpha value is -1.09. The molecule has 0 radical (unpaired) electrons. The van der Waals surface area contributed by atoms with Crippen LogP contribution in [0.15, 0.2) is 6.07 Å². The Bertz CT molecular complexity index is 348. The zero-order chi connectivity index (χ0) is 10.9. The normalized spacial score (nSPS) is 12.7. The van der Waals surface area contributed by atoms with E-state index in [0.29, 0.717) is 11.3 Å². The topological polar surface area (TPSA) is 35.2 Å². The molecule has 1 aromatic rings. The standard InChI is InChI=1S/C11H16FNO/c1-6-5-9(12)7(2)10(8(3)13)11(6)14-4/h5,8H,13H2,1-4H3. The molecule has 0 aliphatic heterocycles. The van der Waals surface area contributed by atoms with Gasteiger partial charge in [0.25, 0.3) is 0 Å². The molecule has 0 aliphatic carbocycles. The van der Waals surface area contributed by atoms with Gasteiger partial charge >= 0.3 is 0 Å². The highest BCUT2D eigenvalue weighted by molar-refractivity contribution is 5.47. The second-order valence-electron chi connectivity index (χ2n) is 3.54. The van der Waals surface area contributed by atoms with Crippen LogP contribution in [0.1, 0.15) is 29.7 Å². The molecule has 78 valence electrons. The van der Waals surface area contributed by atoms with Gasteiger partial charge in [-0.25, -0.2) is 4.39 Å². The van der Waals surface area contributed by atoms with E-state index in [2.05, 4.69) is 0 Å². The van der Waals surface area contributed by atoms with Gasteiger partial charge in [0.2, 0.25) is 0 Å². The van der Waals surface area contributed by atoms with Crippen molar-refractivity contribution in [1.82, 2.24) is 0 Å². The molecule has 0 spiro atoms. The van der Waals surface area contributed by atoms with Gasteiger partial charge in [-0.15, -0.1) is 0 Å². The van der Waals surface area contributed by atoms with Crippen molar-refractivity contribution in [2.75, 3.05) is 7.11 Å². The van der Waals surface area contributed by atoms with Crippen molar-refractivity contribution < 1.29 is 9.13 Å². The summed E-state index contributed by atoms with van der Waals surface area (Å²) in [6, 6.07) is 1.25. The predicted molar refractivity (Wildman–Crippen MR) is 55.0 cm³/mol. The van der Waals surface area contributed by atoms with E-state index in [-0.39, 0.29) is 11.9 Å². The third-order valence-electron chi connectivity index (χ3n) is 2.37. The summed E-state index contributed by atoms with van der Waals surface area (Å²) >= 11 is 0. The van der Waals surface area contributed by atoms with E-state index in [1.54, 1.807) is 14.0 Å².